The molecule has 0 aliphatic carbocycles. The van der Waals surface area contributed by atoms with Gasteiger partial charge in [-0.2, -0.15) is 0 Å². The van der Waals surface area contributed by atoms with Crippen LogP contribution in [-0.2, 0) is 4.79 Å². The molecule has 1 aliphatic heterocycles. The summed E-state index contributed by atoms with van der Waals surface area (Å²) in [5.41, 5.74) is -1.00. The van der Waals surface area contributed by atoms with Gasteiger partial charge in [0.15, 0.2) is 0 Å². The minimum atomic E-state index is -0.940. The van der Waals surface area contributed by atoms with E-state index >= 15 is 0 Å². The van der Waals surface area contributed by atoms with Crippen LogP contribution in [0.5, 0.6) is 0 Å². The van der Waals surface area contributed by atoms with Crippen molar-refractivity contribution in [1.82, 2.24) is 15.5 Å². The highest BCUT2D eigenvalue weighted by molar-refractivity contribution is 6.24. The summed E-state index contributed by atoms with van der Waals surface area (Å²) in [7, 11) is 0. The minimum Gasteiger partial charge on any atom is -0.338 e. The Morgan fingerprint density at radius 1 is 1.24 bits per heavy atom. The molecule has 10 heteroatoms. The Bertz CT molecular complexity index is 773. The van der Waals surface area contributed by atoms with E-state index in [2.05, 4.69) is 5.32 Å². The van der Waals surface area contributed by atoms with Gasteiger partial charge in [0.25, 0.3) is 17.5 Å². The molecule has 1 aromatic carbocycles. The van der Waals surface area contributed by atoms with Crippen molar-refractivity contribution in [3.05, 3.63) is 39.4 Å². The lowest BCUT2D eigenvalue weighted by atomic mass is 10.1. The van der Waals surface area contributed by atoms with Gasteiger partial charge in [0, 0.05) is 12.6 Å². The number of imide groups is 2. The maximum absolute atomic E-state index is 12.3. The molecule has 132 valence electrons. The number of hydrogen-bond donors (Lipinski definition) is 2. The monoisotopic (exact) mass is 348 g/mol. The van der Waals surface area contributed by atoms with Crippen molar-refractivity contribution in [3.8, 4) is 0 Å². The van der Waals surface area contributed by atoms with Gasteiger partial charge in [-0.3, -0.25) is 34.7 Å². The Labute approximate surface area is 142 Å². The van der Waals surface area contributed by atoms with Gasteiger partial charge in [0.2, 0.25) is 5.91 Å². The van der Waals surface area contributed by atoms with Gasteiger partial charge in [-0.05, 0) is 12.0 Å². The fourth-order valence-corrected chi connectivity index (χ4v) is 2.26. The third-order valence-electron chi connectivity index (χ3n) is 3.40. The van der Waals surface area contributed by atoms with Crippen molar-refractivity contribution in [2.24, 2.45) is 5.92 Å². The minimum absolute atomic E-state index is 0.142. The number of nitrogens with zero attached hydrogens (tertiary/aromatic N) is 2. The normalized spacial score (nSPS) is 13.0. The van der Waals surface area contributed by atoms with E-state index in [0.29, 0.717) is 11.4 Å². The topological polar surface area (TPSA) is 139 Å². The Balaban J connectivity index is 2.09. The molecule has 0 bridgehead atoms. The molecule has 1 aliphatic rings. The van der Waals surface area contributed by atoms with Crippen LogP contribution in [0.15, 0.2) is 18.2 Å². The first kappa shape index (κ1) is 18.0. The van der Waals surface area contributed by atoms with Gasteiger partial charge in [-0.15, -0.1) is 0 Å². The van der Waals surface area contributed by atoms with Crippen LogP contribution in [0, 0.1) is 16.0 Å². The third-order valence-corrected chi connectivity index (χ3v) is 3.40. The zero-order valence-corrected chi connectivity index (χ0v) is 13.6. The molecule has 2 N–H and O–H groups in total. The van der Waals surface area contributed by atoms with Crippen molar-refractivity contribution in [2.45, 2.75) is 13.8 Å². The van der Waals surface area contributed by atoms with Crippen LogP contribution in [0.2, 0.25) is 0 Å². The van der Waals surface area contributed by atoms with Gasteiger partial charge < -0.3 is 5.32 Å². The van der Waals surface area contributed by atoms with Crippen LogP contribution >= 0.6 is 0 Å². The lowest BCUT2D eigenvalue weighted by Crippen LogP contribution is -2.46. The predicted molar refractivity (Wildman–Crippen MR) is 84.8 cm³/mol. The molecule has 0 fully saturated rings. The molecule has 25 heavy (non-hydrogen) atoms. The van der Waals surface area contributed by atoms with E-state index in [9.17, 15) is 29.3 Å². The maximum atomic E-state index is 12.3. The first-order valence-electron chi connectivity index (χ1n) is 7.43. The number of hydrogen-bond acceptors (Lipinski definition) is 6. The number of nitrogens with one attached hydrogen (secondary N) is 2. The summed E-state index contributed by atoms with van der Waals surface area (Å²) in [6.07, 6.45) is 0. The van der Waals surface area contributed by atoms with E-state index in [0.717, 1.165) is 6.07 Å². The van der Waals surface area contributed by atoms with Gasteiger partial charge in [-0.25, -0.2) is 4.79 Å². The van der Waals surface area contributed by atoms with Crippen LogP contribution < -0.4 is 10.6 Å². The van der Waals surface area contributed by atoms with E-state index < -0.39 is 40.9 Å². The summed E-state index contributed by atoms with van der Waals surface area (Å²) in [6, 6.07) is 2.91. The largest absolute Gasteiger partial charge is 0.338 e. The Hall–Kier alpha value is -3.30. The SMILES string of the molecule is CC(C)CNC(=O)NC(=O)CN1C(=O)c2cccc([N+](=O)[O-])c2C1=O. The first-order valence-corrected chi connectivity index (χ1v) is 7.43. The number of amides is 5. The molecule has 0 radical (unpaired) electrons. The zero-order valence-electron chi connectivity index (χ0n) is 13.6. The quantitative estimate of drug-likeness (QED) is 0.455. The average molecular weight is 348 g/mol. The lowest BCUT2D eigenvalue weighted by Gasteiger charge is -2.13. The summed E-state index contributed by atoms with van der Waals surface area (Å²) >= 11 is 0. The molecule has 2 rings (SSSR count). The summed E-state index contributed by atoms with van der Waals surface area (Å²) in [5.74, 6) is -2.46. The van der Waals surface area contributed by atoms with Crippen LogP contribution in [-0.4, -0.2) is 46.7 Å². The maximum Gasteiger partial charge on any atom is 0.321 e. The summed E-state index contributed by atoms with van der Waals surface area (Å²) in [4.78, 5) is 58.7. The number of benzene rings is 1. The molecule has 0 saturated carbocycles. The lowest BCUT2D eigenvalue weighted by molar-refractivity contribution is -0.385. The number of fused-ring (bicyclic) bond motifs is 1. The van der Waals surface area contributed by atoms with E-state index in [1.807, 2.05) is 19.2 Å². The van der Waals surface area contributed by atoms with Crippen molar-refractivity contribution < 1.29 is 24.1 Å². The summed E-state index contributed by atoms with van der Waals surface area (Å²) < 4.78 is 0. The van der Waals surface area contributed by atoms with Crippen molar-refractivity contribution in [3.63, 3.8) is 0 Å². The molecule has 1 aromatic rings. The molecule has 0 aromatic heterocycles. The average Bonchev–Trinajstić information content (AvgIpc) is 2.78. The van der Waals surface area contributed by atoms with Gasteiger partial charge >= 0.3 is 6.03 Å². The van der Waals surface area contributed by atoms with E-state index in [1.54, 1.807) is 0 Å². The second-order valence-electron chi connectivity index (χ2n) is 5.81. The summed E-state index contributed by atoms with van der Waals surface area (Å²) in [6.45, 7) is 3.37. The molecule has 10 nitrogen and oxygen atoms in total. The summed E-state index contributed by atoms with van der Waals surface area (Å²) in [5, 5.41) is 15.5. The number of urea groups is 1. The Morgan fingerprint density at radius 3 is 2.52 bits per heavy atom. The van der Waals surface area contributed by atoms with Crippen molar-refractivity contribution >= 4 is 29.4 Å². The third kappa shape index (κ3) is 3.79. The highest BCUT2D eigenvalue weighted by Gasteiger charge is 2.41. The van der Waals surface area contributed by atoms with Crippen molar-refractivity contribution in [2.75, 3.05) is 13.1 Å². The number of carbonyl (C=O) groups excluding carboxylic acids is 4. The van der Waals surface area contributed by atoms with Crippen molar-refractivity contribution in [1.29, 1.82) is 0 Å². The molecule has 0 atom stereocenters. The second-order valence-corrected chi connectivity index (χ2v) is 5.81. The van der Waals surface area contributed by atoms with E-state index in [-0.39, 0.29) is 17.0 Å². The Morgan fingerprint density at radius 2 is 1.92 bits per heavy atom. The fraction of sp³-hybridized carbons (Fsp3) is 0.333. The second kappa shape index (κ2) is 7.07. The predicted octanol–water partition coefficient (Wildman–Crippen LogP) is 0.673. The molecule has 0 spiro atoms. The van der Waals surface area contributed by atoms with Crippen LogP contribution in [0.4, 0.5) is 10.5 Å². The first-order chi connectivity index (χ1) is 11.7. The highest BCUT2D eigenvalue weighted by atomic mass is 16.6. The molecule has 5 amide bonds. The number of nitro groups is 1. The molecule has 1 heterocycles. The van der Waals surface area contributed by atoms with E-state index in [1.165, 1.54) is 12.1 Å². The standard InChI is InChI=1S/C15H16N4O6/c1-8(2)6-16-15(23)17-11(20)7-18-13(21)9-4-3-5-10(19(24)25)12(9)14(18)22/h3-5,8H,6-7H2,1-2H3,(H2,16,17,20,23). The van der Waals surface area contributed by atoms with Gasteiger partial charge in [0.05, 0.1) is 10.5 Å². The number of rotatable bonds is 5. The van der Waals surface area contributed by atoms with Crippen LogP contribution in [0.3, 0.4) is 0 Å². The molecular formula is C15H16N4O6. The molecule has 0 saturated heterocycles. The Kier molecular flexibility index (Phi) is 5.11. The fourth-order valence-electron chi connectivity index (χ4n) is 2.26. The van der Waals surface area contributed by atoms with Gasteiger partial charge in [0.1, 0.15) is 12.1 Å². The van der Waals surface area contributed by atoms with Gasteiger partial charge in [-0.1, -0.05) is 19.9 Å². The smallest absolute Gasteiger partial charge is 0.321 e. The molecular weight excluding hydrogens is 332 g/mol. The number of nitro benzene ring substituents is 1. The zero-order chi connectivity index (χ0) is 18.7. The van der Waals surface area contributed by atoms with Crippen LogP contribution in [0.1, 0.15) is 34.6 Å². The molecule has 0 unspecified atom stereocenters. The number of carbonyl (C=O) groups is 4. The van der Waals surface area contributed by atoms with Crippen LogP contribution in [0.25, 0.3) is 0 Å². The highest BCUT2D eigenvalue weighted by Crippen LogP contribution is 2.30. The van der Waals surface area contributed by atoms with E-state index in [4.69, 9.17) is 0 Å².